The Morgan fingerprint density at radius 1 is 0.926 bits per heavy atom. The Labute approximate surface area is 157 Å². The summed E-state index contributed by atoms with van der Waals surface area (Å²) in [5, 5.41) is 6.21. The second-order valence-corrected chi connectivity index (χ2v) is 6.31. The van der Waals surface area contributed by atoms with Crippen LogP contribution in [0.5, 0.6) is 0 Å². The number of halogens is 2. The van der Waals surface area contributed by atoms with Crippen LogP contribution >= 0.6 is 0 Å². The molecule has 0 aliphatic heterocycles. The average Bonchev–Trinajstić information content (AvgIpc) is 2.65. The van der Waals surface area contributed by atoms with Gasteiger partial charge in [0.2, 0.25) is 5.95 Å². The number of likely N-dealkylation sites (N-methyl/N-ethyl adjacent to an activating group) is 1. The van der Waals surface area contributed by atoms with E-state index in [0.29, 0.717) is 24.0 Å². The number of rotatable bonds is 7. The summed E-state index contributed by atoms with van der Waals surface area (Å²) < 4.78 is 26.6. The minimum Gasteiger partial charge on any atom is -0.353 e. The summed E-state index contributed by atoms with van der Waals surface area (Å²) >= 11 is 0. The highest BCUT2D eigenvalue weighted by Crippen LogP contribution is 2.24. The monoisotopic (exact) mass is 369 g/mol. The third-order valence-corrected chi connectivity index (χ3v) is 3.83. The van der Waals surface area contributed by atoms with E-state index in [9.17, 15) is 8.78 Å². The van der Waals surface area contributed by atoms with Crippen LogP contribution in [-0.2, 0) is 0 Å². The fourth-order valence-electron chi connectivity index (χ4n) is 2.46. The Morgan fingerprint density at radius 3 is 2.41 bits per heavy atom. The van der Waals surface area contributed by atoms with Gasteiger partial charge in [-0.15, -0.1) is 0 Å². The van der Waals surface area contributed by atoms with Crippen LogP contribution < -0.4 is 10.6 Å². The quantitative estimate of drug-likeness (QED) is 0.656. The lowest BCUT2D eigenvalue weighted by molar-refractivity contribution is 0.425. The van der Waals surface area contributed by atoms with E-state index in [1.807, 2.05) is 44.4 Å². The zero-order valence-corrected chi connectivity index (χ0v) is 15.2. The van der Waals surface area contributed by atoms with Gasteiger partial charge in [0.15, 0.2) is 11.6 Å². The molecule has 1 heterocycles. The van der Waals surface area contributed by atoms with E-state index >= 15 is 0 Å². The molecule has 0 amide bonds. The molecule has 7 heteroatoms. The van der Waals surface area contributed by atoms with Gasteiger partial charge < -0.3 is 15.5 Å². The van der Waals surface area contributed by atoms with Gasteiger partial charge in [0.05, 0.1) is 5.69 Å². The molecule has 0 saturated heterocycles. The number of nitrogens with one attached hydrogen (secondary N) is 2. The van der Waals surface area contributed by atoms with Gasteiger partial charge in [-0.3, -0.25) is 0 Å². The zero-order valence-electron chi connectivity index (χ0n) is 15.2. The van der Waals surface area contributed by atoms with Gasteiger partial charge in [0, 0.05) is 36.5 Å². The molecule has 0 aliphatic rings. The van der Waals surface area contributed by atoms with Crippen LogP contribution in [0.3, 0.4) is 0 Å². The van der Waals surface area contributed by atoms with Crippen molar-refractivity contribution in [2.24, 2.45) is 0 Å². The number of anilines is 3. The predicted octanol–water partition coefficient (Wildman–Crippen LogP) is 4.14. The fraction of sp³-hybridized carbons (Fsp3) is 0.200. The highest BCUT2D eigenvalue weighted by molar-refractivity contribution is 5.67. The molecule has 0 fully saturated rings. The number of hydrogen-bond acceptors (Lipinski definition) is 5. The second kappa shape index (κ2) is 8.55. The molecule has 3 rings (SSSR count). The van der Waals surface area contributed by atoms with E-state index < -0.39 is 11.6 Å². The van der Waals surface area contributed by atoms with E-state index in [-0.39, 0.29) is 0 Å². The second-order valence-electron chi connectivity index (χ2n) is 6.31. The zero-order chi connectivity index (χ0) is 19.2. The first kappa shape index (κ1) is 18.7. The van der Waals surface area contributed by atoms with Crippen molar-refractivity contribution < 1.29 is 8.78 Å². The highest BCUT2D eigenvalue weighted by atomic mass is 19.2. The molecule has 0 unspecified atom stereocenters. The summed E-state index contributed by atoms with van der Waals surface area (Å²) in [6.07, 6.45) is 0. The number of aromatic nitrogens is 2. The fourth-order valence-corrected chi connectivity index (χ4v) is 2.46. The van der Waals surface area contributed by atoms with Gasteiger partial charge >= 0.3 is 0 Å². The first-order valence-corrected chi connectivity index (χ1v) is 8.56. The van der Waals surface area contributed by atoms with Crippen molar-refractivity contribution in [3.8, 4) is 11.3 Å². The molecule has 0 radical (unpaired) electrons. The van der Waals surface area contributed by atoms with E-state index in [4.69, 9.17) is 0 Å². The Balaban J connectivity index is 1.90. The van der Waals surface area contributed by atoms with Crippen molar-refractivity contribution in [2.45, 2.75) is 0 Å². The van der Waals surface area contributed by atoms with Gasteiger partial charge in [0.1, 0.15) is 5.82 Å². The van der Waals surface area contributed by atoms with Gasteiger partial charge in [-0.2, -0.15) is 4.98 Å². The number of nitrogens with zero attached hydrogens (tertiary/aromatic N) is 3. The smallest absolute Gasteiger partial charge is 0.225 e. The molecular formula is C20H21F2N5. The van der Waals surface area contributed by atoms with Crippen molar-refractivity contribution in [3.05, 3.63) is 66.2 Å². The minimum absolute atomic E-state index is 0.408. The largest absolute Gasteiger partial charge is 0.353 e. The molecule has 0 atom stereocenters. The molecule has 0 saturated carbocycles. The number of benzene rings is 2. The molecule has 5 nitrogen and oxygen atoms in total. The Hall–Kier alpha value is -3.06. The molecule has 1 aromatic heterocycles. The lowest BCUT2D eigenvalue weighted by Gasteiger charge is -2.13. The van der Waals surface area contributed by atoms with Gasteiger partial charge in [-0.05, 0) is 26.2 Å². The van der Waals surface area contributed by atoms with Crippen LogP contribution in [0.4, 0.5) is 26.2 Å². The lowest BCUT2D eigenvalue weighted by atomic mass is 10.1. The maximum atomic E-state index is 13.5. The maximum absolute atomic E-state index is 13.5. The van der Waals surface area contributed by atoms with Crippen molar-refractivity contribution in [2.75, 3.05) is 37.8 Å². The maximum Gasteiger partial charge on any atom is 0.225 e. The van der Waals surface area contributed by atoms with Crippen molar-refractivity contribution in [1.82, 2.24) is 14.9 Å². The van der Waals surface area contributed by atoms with Crippen LogP contribution in [0.2, 0.25) is 0 Å². The highest BCUT2D eigenvalue weighted by Gasteiger charge is 2.09. The van der Waals surface area contributed by atoms with Crippen molar-refractivity contribution >= 4 is 17.5 Å². The summed E-state index contributed by atoms with van der Waals surface area (Å²) in [5.41, 5.74) is 2.07. The van der Waals surface area contributed by atoms with Crippen LogP contribution in [0.15, 0.2) is 54.6 Å². The third kappa shape index (κ3) is 5.21. The van der Waals surface area contributed by atoms with E-state index in [1.165, 1.54) is 6.07 Å². The molecule has 2 aromatic carbocycles. The average molecular weight is 369 g/mol. The summed E-state index contributed by atoms with van der Waals surface area (Å²) in [6, 6.07) is 15.1. The Morgan fingerprint density at radius 2 is 1.70 bits per heavy atom. The molecule has 0 bridgehead atoms. The first-order chi connectivity index (χ1) is 13.0. The summed E-state index contributed by atoms with van der Waals surface area (Å²) in [6.45, 7) is 1.50. The SMILES string of the molecule is CN(C)CCNc1nc(Nc2ccc(F)c(F)c2)cc(-c2ccccc2)n1. The van der Waals surface area contributed by atoms with Crippen LogP contribution in [0.25, 0.3) is 11.3 Å². The van der Waals surface area contributed by atoms with Crippen LogP contribution in [-0.4, -0.2) is 42.1 Å². The third-order valence-electron chi connectivity index (χ3n) is 3.83. The van der Waals surface area contributed by atoms with Crippen molar-refractivity contribution in [1.29, 1.82) is 0 Å². The van der Waals surface area contributed by atoms with Gasteiger partial charge in [-0.1, -0.05) is 30.3 Å². The lowest BCUT2D eigenvalue weighted by Crippen LogP contribution is -2.21. The van der Waals surface area contributed by atoms with E-state index in [2.05, 4.69) is 25.5 Å². The molecule has 2 N–H and O–H groups in total. The summed E-state index contributed by atoms with van der Waals surface area (Å²) in [5.74, 6) is -0.855. The molecule has 0 aliphatic carbocycles. The predicted molar refractivity (Wildman–Crippen MR) is 104 cm³/mol. The molecule has 140 valence electrons. The number of hydrogen-bond donors (Lipinski definition) is 2. The Bertz CT molecular complexity index is 900. The summed E-state index contributed by atoms with van der Waals surface area (Å²) in [4.78, 5) is 11.0. The first-order valence-electron chi connectivity index (χ1n) is 8.56. The summed E-state index contributed by atoms with van der Waals surface area (Å²) in [7, 11) is 3.97. The van der Waals surface area contributed by atoms with Crippen molar-refractivity contribution in [3.63, 3.8) is 0 Å². The Kier molecular flexibility index (Phi) is 5.93. The standard InChI is InChI=1S/C20H21F2N5/c1-27(2)11-10-23-20-25-18(14-6-4-3-5-7-14)13-19(26-20)24-15-8-9-16(21)17(22)12-15/h3-9,12-13H,10-11H2,1-2H3,(H2,23,24,25,26). The van der Waals surface area contributed by atoms with E-state index in [1.54, 1.807) is 6.07 Å². The molecule has 3 aromatic rings. The topological polar surface area (TPSA) is 53.1 Å². The van der Waals surface area contributed by atoms with Crippen LogP contribution in [0, 0.1) is 11.6 Å². The normalized spacial score (nSPS) is 10.9. The van der Waals surface area contributed by atoms with E-state index in [0.717, 1.165) is 29.9 Å². The molecule has 27 heavy (non-hydrogen) atoms. The van der Waals surface area contributed by atoms with Gasteiger partial charge in [-0.25, -0.2) is 13.8 Å². The molecule has 0 spiro atoms. The van der Waals surface area contributed by atoms with Gasteiger partial charge in [0.25, 0.3) is 0 Å². The van der Waals surface area contributed by atoms with Crippen LogP contribution in [0.1, 0.15) is 0 Å². The molecular weight excluding hydrogens is 348 g/mol. The minimum atomic E-state index is -0.915.